The highest BCUT2D eigenvalue weighted by atomic mass is 35.5. The average Bonchev–Trinajstić information content (AvgIpc) is 2.35. The molecule has 2 nitrogen and oxygen atoms in total. The van der Waals surface area contributed by atoms with Gasteiger partial charge in [-0.05, 0) is 57.6 Å². The van der Waals surface area contributed by atoms with Crippen molar-refractivity contribution in [3.8, 4) is 0 Å². The lowest BCUT2D eigenvalue weighted by atomic mass is 9.97. The second-order valence-electron chi connectivity index (χ2n) is 5.08. The number of nitrogens with zero attached hydrogens (tertiary/aromatic N) is 1. The van der Waals surface area contributed by atoms with Crippen LogP contribution in [0.25, 0.3) is 0 Å². The molecule has 2 rings (SSSR count). The summed E-state index contributed by atoms with van der Waals surface area (Å²) in [6, 6.07) is 5.66. The molecule has 1 aliphatic rings. The number of nitrogens with one attached hydrogen (secondary N) is 1. The summed E-state index contributed by atoms with van der Waals surface area (Å²) in [5, 5.41) is 4.98. The minimum absolute atomic E-state index is 0.748. The summed E-state index contributed by atoms with van der Waals surface area (Å²) in [6.07, 6.45) is 2.56. The summed E-state index contributed by atoms with van der Waals surface area (Å²) in [6.45, 7) is 4.22. The van der Waals surface area contributed by atoms with Gasteiger partial charge in [0.05, 0.1) is 0 Å². The summed E-state index contributed by atoms with van der Waals surface area (Å²) in [4.78, 5) is 2.39. The Kier molecular flexibility index (Phi) is 5.31. The maximum Gasteiger partial charge on any atom is 0.0465 e. The molecule has 0 spiro atoms. The zero-order chi connectivity index (χ0) is 13.0. The van der Waals surface area contributed by atoms with Gasteiger partial charge in [-0.1, -0.05) is 29.3 Å². The highest BCUT2D eigenvalue weighted by Gasteiger charge is 2.16. The van der Waals surface area contributed by atoms with Gasteiger partial charge in [0.25, 0.3) is 0 Å². The Morgan fingerprint density at radius 2 is 1.83 bits per heavy atom. The Bertz CT molecular complexity index is 367. The first-order valence-electron chi connectivity index (χ1n) is 6.49. The largest absolute Gasteiger partial charge is 0.312 e. The molecule has 0 atom stereocenters. The summed E-state index contributed by atoms with van der Waals surface area (Å²) in [7, 11) is 2.19. The second kappa shape index (κ2) is 6.76. The Balaban J connectivity index is 1.78. The zero-order valence-corrected chi connectivity index (χ0v) is 12.3. The van der Waals surface area contributed by atoms with Gasteiger partial charge in [0.1, 0.15) is 0 Å². The van der Waals surface area contributed by atoms with Gasteiger partial charge in [-0.15, -0.1) is 0 Å². The molecule has 0 amide bonds. The first-order chi connectivity index (χ1) is 8.66. The van der Waals surface area contributed by atoms with Crippen molar-refractivity contribution in [1.29, 1.82) is 0 Å². The third-order valence-electron chi connectivity index (χ3n) is 3.63. The SMILES string of the molecule is CN1CCC(CNCc2c(Cl)cccc2Cl)CC1. The normalized spacial score (nSPS) is 18.2. The van der Waals surface area contributed by atoms with Crippen LogP contribution in [0.15, 0.2) is 18.2 Å². The molecule has 0 saturated carbocycles. The van der Waals surface area contributed by atoms with Crippen LogP contribution < -0.4 is 5.32 Å². The van der Waals surface area contributed by atoms with E-state index < -0.39 is 0 Å². The molecule has 100 valence electrons. The maximum absolute atomic E-state index is 6.14. The summed E-state index contributed by atoms with van der Waals surface area (Å²) in [5.41, 5.74) is 1.01. The van der Waals surface area contributed by atoms with Crippen LogP contribution in [0.3, 0.4) is 0 Å². The lowest BCUT2D eigenvalue weighted by molar-refractivity contribution is 0.216. The summed E-state index contributed by atoms with van der Waals surface area (Å²) < 4.78 is 0. The minimum atomic E-state index is 0.748. The van der Waals surface area contributed by atoms with Gasteiger partial charge in [-0.3, -0.25) is 0 Å². The predicted octanol–water partition coefficient (Wildman–Crippen LogP) is 3.42. The Morgan fingerprint density at radius 1 is 1.22 bits per heavy atom. The molecular formula is C14H20Cl2N2. The molecule has 1 fully saturated rings. The lowest BCUT2D eigenvalue weighted by Gasteiger charge is -2.29. The van der Waals surface area contributed by atoms with Crippen molar-refractivity contribution in [2.24, 2.45) is 5.92 Å². The molecule has 1 aromatic carbocycles. The van der Waals surface area contributed by atoms with E-state index in [1.807, 2.05) is 18.2 Å². The number of likely N-dealkylation sites (tertiary alicyclic amines) is 1. The quantitative estimate of drug-likeness (QED) is 0.912. The minimum Gasteiger partial charge on any atom is -0.312 e. The Labute approximate surface area is 119 Å². The van der Waals surface area contributed by atoms with Crippen LogP contribution in [0.5, 0.6) is 0 Å². The topological polar surface area (TPSA) is 15.3 Å². The number of rotatable bonds is 4. The summed E-state index contributed by atoms with van der Waals surface area (Å²) >= 11 is 12.3. The van der Waals surface area contributed by atoms with E-state index in [1.54, 1.807) is 0 Å². The molecule has 1 saturated heterocycles. The van der Waals surface area contributed by atoms with Gasteiger partial charge in [-0.2, -0.15) is 0 Å². The molecule has 1 heterocycles. The molecular weight excluding hydrogens is 267 g/mol. The standard InChI is InChI=1S/C14H20Cl2N2/c1-18-7-5-11(6-8-18)9-17-10-12-13(15)3-2-4-14(12)16/h2-4,11,17H,5-10H2,1H3. The first kappa shape index (κ1) is 14.1. The van der Waals surface area contributed by atoms with Crippen LogP contribution in [0.2, 0.25) is 10.0 Å². The van der Waals surface area contributed by atoms with Crippen molar-refractivity contribution < 1.29 is 0 Å². The first-order valence-corrected chi connectivity index (χ1v) is 7.24. The molecule has 1 aliphatic heterocycles. The van der Waals surface area contributed by atoms with E-state index in [4.69, 9.17) is 23.2 Å². The van der Waals surface area contributed by atoms with E-state index in [2.05, 4.69) is 17.3 Å². The van der Waals surface area contributed by atoms with Gasteiger partial charge in [-0.25, -0.2) is 0 Å². The van der Waals surface area contributed by atoms with Crippen LogP contribution in [0.1, 0.15) is 18.4 Å². The lowest BCUT2D eigenvalue weighted by Crippen LogP contribution is -2.34. The highest BCUT2D eigenvalue weighted by molar-refractivity contribution is 6.35. The van der Waals surface area contributed by atoms with E-state index in [1.165, 1.54) is 25.9 Å². The number of hydrogen-bond donors (Lipinski definition) is 1. The van der Waals surface area contributed by atoms with Gasteiger partial charge >= 0.3 is 0 Å². The van der Waals surface area contributed by atoms with Crippen LogP contribution in [0, 0.1) is 5.92 Å². The third kappa shape index (κ3) is 3.86. The molecule has 4 heteroatoms. The van der Waals surface area contributed by atoms with Crippen molar-refractivity contribution in [2.45, 2.75) is 19.4 Å². The second-order valence-corrected chi connectivity index (χ2v) is 5.89. The maximum atomic E-state index is 6.14. The zero-order valence-electron chi connectivity index (χ0n) is 10.8. The Morgan fingerprint density at radius 3 is 2.44 bits per heavy atom. The Hall–Kier alpha value is -0.280. The van der Waals surface area contributed by atoms with Crippen molar-refractivity contribution in [1.82, 2.24) is 10.2 Å². The molecule has 18 heavy (non-hydrogen) atoms. The van der Waals surface area contributed by atoms with Crippen molar-refractivity contribution in [2.75, 3.05) is 26.7 Å². The predicted molar refractivity (Wildman–Crippen MR) is 78.4 cm³/mol. The molecule has 0 aromatic heterocycles. The number of hydrogen-bond acceptors (Lipinski definition) is 2. The van der Waals surface area contributed by atoms with Crippen LogP contribution in [-0.4, -0.2) is 31.6 Å². The van der Waals surface area contributed by atoms with Crippen molar-refractivity contribution in [3.63, 3.8) is 0 Å². The molecule has 1 N–H and O–H groups in total. The van der Waals surface area contributed by atoms with Gasteiger partial charge < -0.3 is 10.2 Å². The van der Waals surface area contributed by atoms with E-state index in [0.717, 1.165) is 34.6 Å². The average molecular weight is 287 g/mol. The molecule has 0 aliphatic carbocycles. The number of benzene rings is 1. The van der Waals surface area contributed by atoms with Gasteiger partial charge in [0.2, 0.25) is 0 Å². The molecule has 0 radical (unpaired) electrons. The summed E-state index contributed by atoms with van der Waals surface area (Å²) in [5.74, 6) is 0.780. The third-order valence-corrected chi connectivity index (χ3v) is 4.34. The van der Waals surface area contributed by atoms with E-state index in [0.29, 0.717) is 0 Å². The fraction of sp³-hybridized carbons (Fsp3) is 0.571. The van der Waals surface area contributed by atoms with E-state index in [9.17, 15) is 0 Å². The number of halogens is 2. The fourth-order valence-electron chi connectivity index (χ4n) is 2.37. The smallest absolute Gasteiger partial charge is 0.0465 e. The molecule has 1 aromatic rings. The van der Waals surface area contributed by atoms with E-state index >= 15 is 0 Å². The van der Waals surface area contributed by atoms with Crippen molar-refractivity contribution in [3.05, 3.63) is 33.8 Å². The molecule has 0 unspecified atom stereocenters. The van der Waals surface area contributed by atoms with Crippen molar-refractivity contribution >= 4 is 23.2 Å². The van der Waals surface area contributed by atoms with Gasteiger partial charge in [0.15, 0.2) is 0 Å². The van der Waals surface area contributed by atoms with E-state index in [-0.39, 0.29) is 0 Å². The van der Waals surface area contributed by atoms with Crippen LogP contribution in [0.4, 0.5) is 0 Å². The fourth-order valence-corrected chi connectivity index (χ4v) is 2.90. The van der Waals surface area contributed by atoms with Gasteiger partial charge in [0, 0.05) is 22.2 Å². The highest BCUT2D eigenvalue weighted by Crippen LogP contribution is 2.24. The monoisotopic (exact) mass is 286 g/mol. The van der Waals surface area contributed by atoms with Crippen LogP contribution in [-0.2, 0) is 6.54 Å². The number of piperidine rings is 1. The van der Waals surface area contributed by atoms with Crippen LogP contribution >= 0.6 is 23.2 Å². The molecule has 0 bridgehead atoms.